The molecule has 0 saturated carbocycles. The number of carbonyl (C=O) groups excluding carboxylic acids is 2. The molecule has 0 aliphatic carbocycles. The standard InChI is InChI=1S/C29H35N3O5/c1-5-6-7-10-13-31-17-25(33)32-22(29(31)34)16-20-19-11-8-9-12-21(19)30-26(20)27(32)18-14-23(35-2)28(37-4)24(15-18)36-3/h8-9,11-12,14-15,22,27,30H,5-7,10,13,16-17H2,1-4H3/t22-,27?/m1/s1. The summed E-state index contributed by atoms with van der Waals surface area (Å²) in [6.07, 6.45) is 4.71. The van der Waals surface area contributed by atoms with Gasteiger partial charge in [-0.25, -0.2) is 0 Å². The molecule has 3 heterocycles. The molecular weight excluding hydrogens is 470 g/mol. The molecule has 3 aromatic rings. The first-order chi connectivity index (χ1) is 18.0. The molecule has 0 bridgehead atoms. The average Bonchev–Trinajstić information content (AvgIpc) is 3.30. The van der Waals surface area contributed by atoms with E-state index in [9.17, 15) is 9.59 Å². The highest BCUT2D eigenvalue weighted by molar-refractivity contribution is 5.97. The van der Waals surface area contributed by atoms with E-state index in [1.165, 1.54) is 0 Å². The van der Waals surface area contributed by atoms with E-state index in [1.54, 1.807) is 31.1 Å². The largest absolute Gasteiger partial charge is 0.493 e. The van der Waals surface area contributed by atoms with E-state index in [0.717, 1.165) is 53.4 Å². The van der Waals surface area contributed by atoms with Crippen LogP contribution in [0, 0.1) is 0 Å². The summed E-state index contributed by atoms with van der Waals surface area (Å²) in [4.78, 5) is 34.6. The number of aromatic amines is 1. The second-order valence-electron chi connectivity index (χ2n) is 9.77. The zero-order valence-corrected chi connectivity index (χ0v) is 22.0. The number of ether oxygens (including phenoxy) is 3. The van der Waals surface area contributed by atoms with E-state index in [2.05, 4.69) is 18.0 Å². The van der Waals surface area contributed by atoms with Crippen molar-refractivity contribution in [2.45, 2.75) is 51.1 Å². The molecule has 2 atom stereocenters. The van der Waals surface area contributed by atoms with Crippen molar-refractivity contribution in [1.82, 2.24) is 14.8 Å². The maximum atomic E-state index is 13.8. The lowest BCUT2D eigenvalue weighted by Gasteiger charge is -2.47. The number of amides is 2. The van der Waals surface area contributed by atoms with Gasteiger partial charge in [-0.2, -0.15) is 0 Å². The molecule has 2 aliphatic heterocycles. The van der Waals surface area contributed by atoms with Gasteiger partial charge < -0.3 is 29.0 Å². The van der Waals surface area contributed by atoms with Gasteiger partial charge in [0.1, 0.15) is 6.04 Å². The summed E-state index contributed by atoms with van der Waals surface area (Å²) >= 11 is 0. The first-order valence-corrected chi connectivity index (χ1v) is 13.0. The van der Waals surface area contributed by atoms with Gasteiger partial charge in [-0.05, 0) is 35.7 Å². The fraction of sp³-hybridized carbons (Fsp3) is 0.448. The number of rotatable bonds is 9. The smallest absolute Gasteiger partial charge is 0.246 e. The van der Waals surface area contributed by atoms with Crippen molar-refractivity contribution >= 4 is 22.7 Å². The number of nitrogens with zero attached hydrogens (tertiary/aromatic N) is 2. The van der Waals surface area contributed by atoms with Crippen molar-refractivity contribution in [3.05, 3.63) is 53.2 Å². The van der Waals surface area contributed by atoms with Crippen LogP contribution in [0.1, 0.15) is 55.5 Å². The Labute approximate surface area is 217 Å². The Balaban J connectivity index is 1.63. The number of unbranched alkanes of at least 4 members (excludes halogenated alkanes) is 3. The van der Waals surface area contributed by atoms with Crippen LogP contribution in [0.15, 0.2) is 36.4 Å². The highest BCUT2D eigenvalue weighted by Crippen LogP contribution is 2.47. The summed E-state index contributed by atoms with van der Waals surface area (Å²) in [6, 6.07) is 10.8. The average molecular weight is 506 g/mol. The van der Waals surface area contributed by atoms with Crippen LogP contribution in [0.2, 0.25) is 0 Å². The van der Waals surface area contributed by atoms with Gasteiger partial charge in [0.2, 0.25) is 17.6 Å². The molecule has 37 heavy (non-hydrogen) atoms. The van der Waals surface area contributed by atoms with Gasteiger partial charge in [-0.1, -0.05) is 44.4 Å². The number of aromatic nitrogens is 1. The number of hydrogen-bond acceptors (Lipinski definition) is 5. The molecular formula is C29H35N3O5. The summed E-state index contributed by atoms with van der Waals surface area (Å²) < 4.78 is 16.8. The lowest BCUT2D eigenvalue weighted by atomic mass is 9.86. The van der Waals surface area contributed by atoms with Crippen molar-refractivity contribution in [2.24, 2.45) is 0 Å². The lowest BCUT2D eigenvalue weighted by molar-refractivity contribution is -0.158. The van der Waals surface area contributed by atoms with Crippen molar-refractivity contribution in [3.63, 3.8) is 0 Å². The Hall–Kier alpha value is -3.68. The second kappa shape index (κ2) is 10.4. The summed E-state index contributed by atoms with van der Waals surface area (Å²) in [5.74, 6) is 1.46. The third-order valence-electron chi connectivity index (χ3n) is 7.63. The molecule has 0 spiro atoms. The van der Waals surface area contributed by atoms with E-state index in [1.807, 2.05) is 30.3 Å². The van der Waals surface area contributed by atoms with Crippen LogP contribution in [0.5, 0.6) is 17.2 Å². The molecule has 1 N–H and O–H groups in total. The van der Waals surface area contributed by atoms with Gasteiger partial charge in [0.25, 0.3) is 0 Å². The quantitative estimate of drug-likeness (QED) is 0.434. The highest BCUT2D eigenvalue weighted by atomic mass is 16.5. The fourth-order valence-corrected chi connectivity index (χ4v) is 5.85. The third kappa shape index (κ3) is 4.28. The summed E-state index contributed by atoms with van der Waals surface area (Å²) in [7, 11) is 4.71. The Kier molecular flexibility index (Phi) is 7.00. The zero-order chi connectivity index (χ0) is 26.1. The Morgan fingerprint density at radius 2 is 1.70 bits per heavy atom. The summed E-state index contributed by atoms with van der Waals surface area (Å²) in [5, 5.41) is 1.08. The Morgan fingerprint density at radius 3 is 2.38 bits per heavy atom. The molecule has 8 nitrogen and oxygen atoms in total. The molecule has 5 rings (SSSR count). The van der Waals surface area contributed by atoms with E-state index < -0.39 is 12.1 Å². The number of hydrogen-bond donors (Lipinski definition) is 1. The van der Waals surface area contributed by atoms with E-state index in [0.29, 0.717) is 30.2 Å². The van der Waals surface area contributed by atoms with Crippen LogP contribution in [0.4, 0.5) is 0 Å². The van der Waals surface area contributed by atoms with Gasteiger partial charge >= 0.3 is 0 Å². The maximum Gasteiger partial charge on any atom is 0.246 e. The van der Waals surface area contributed by atoms with Gasteiger partial charge in [0.05, 0.1) is 33.9 Å². The van der Waals surface area contributed by atoms with Crippen LogP contribution in [0.3, 0.4) is 0 Å². The van der Waals surface area contributed by atoms with Gasteiger partial charge in [-0.15, -0.1) is 0 Å². The second-order valence-corrected chi connectivity index (χ2v) is 9.77. The SMILES string of the molecule is CCCCCCN1CC(=O)N2C(c3cc(OC)c(OC)c(OC)c3)c3[nH]c4ccccc4c3C[C@@H]2C1=O. The minimum atomic E-state index is -0.566. The highest BCUT2D eigenvalue weighted by Gasteiger charge is 2.48. The molecule has 1 aromatic heterocycles. The Bertz CT molecular complexity index is 1290. The number of benzene rings is 2. The van der Waals surface area contributed by atoms with Crippen molar-refractivity contribution in [2.75, 3.05) is 34.4 Å². The number of carbonyl (C=O) groups is 2. The molecule has 196 valence electrons. The van der Waals surface area contributed by atoms with Crippen molar-refractivity contribution in [1.29, 1.82) is 0 Å². The number of para-hydroxylation sites is 1. The van der Waals surface area contributed by atoms with Crippen LogP contribution in [-0.2, 0) is 16.0 Å². The molecule has 8 heteroatoms. The molecule has 1 unspecified atom stereocenters. The number of piperazine rings is 1. The Morgan fingerprint density at radius 1 is 0.973 bits per heavy atom. The van der Waals surface area contributed by atoms with E-state index >= 15 is 0 Å². The van der Waals surface area contributed by atoms with Gasteiger partial charge in [0.15, 0.2) is 11.5 Å². The predicted molar refractivity (Wildman–Crippen MR) is 141 cm³/mol. The summed E-state index contributed by atoms with van der Waals surface area (Å²) in [5.41, 5.74) is 3.78. The molecule has 0 radical (unpaired) electrons. The number of H-pyrrole nitrogens is 1. The van der Waals surface area contributed by atoms with Crippen LogP contribution in [-0.4, -0.2) is 67.1 Å². The molecule has 2 amide bonds. The minimum Gasteiger partial charge on any atom is -0.493 e. The van der Waals surface area contributed by atoms with Crippen molar-refractivity contribution < 1.29 is 23.8 Å². The molecule has 2 aromatic carbocycles. The number of methoxy groups -OCH3 is 3. The fourth-order valence-electron chi connectivity index (χ4n) is 5.85. The first-order valence-electron chi connectivity index (χ1n) is 13.0. The van der Waals surface area contributed by atoms with Crippen molar-refractivity contribution in [3.8, 4) is 17.2 Å². The minimum absolute atomic E-state index is 0.0180. The summed E-state index contributed by atoms with van der Waals surface area (Å²) in [6.45, 7) is 2.88. The van der Waals surface area contributed by atoms with Crippen LogP contribution in [0.25, 0.3) is 10.9 Å². The third-order valence-corrected chi connectivity index (χ3v) is 7.63. The predicted octanol–water partition coefficient (Wildman–Crippen LogP) is 4.46. The first kappa shape index (κ1) is 25.0. The normalized spacial score (nSPS) is 19.1. The van der Waals surface area contributed by atoms with E-state index in [4.69, 9.17) is 14.2 Å². The van der Waals surface area contributed by atoms with Crippen LogP contribution >= 0.6 is 0 Å². The molecule has 1 fully saturated rings. The maximum absolute atomic E-state index is 13.8. The number of nitrogens with one attached hydrogen (secondary N) is 1. The van der Waals surface area contributed by atoms with Gasteiger partial charge in [0, 0.05) is 29.6 Å². The van der Waals surface area contributed by atoms with E-state index in [-0.39, 0.29) is 18.4 Å². The number of fused-ring (bicyclic) bond motifs is 4. The lowest BCUT2D eigenvalue weighted by Crippen LogP contribution is -2.63. The van der Waals surface area contributed by atoms with Crippen LogP contribution < -0.4 is 14.2 Å². The van der Waals surface area contributed by atoms with Gasteiger partial charge in [-0.3, -0.25) is 9.59 Å². The topological polar surface area (TPSA) is 84.1 Å². The molecule has 2 aliphatic rings. The zero-order valence-electron chi connectivity index (χ0n) is 22.0. The monoisotopic (exact) mass is 505 g/mol. The molecule has 1 saturated heterocycles.